The van der Waals surface area contributed by atoms with Gasteiger partial charge in [-0.25, -0.2) is 4.79 Å². The van der Waals surface area contributed by atoms with E-state index in [-0.39, 0.29) is 0 Å². The summed E-state index contributed by atoms with van der Waals surface area (Å²) in [5, 5.41) is 13.3. The molecule has 0 amide bonds. The summed E-state index contributed by atoms with van der Waals surface area (Å²) in [5.74, 6) is -0.880. The quantitative estimate of drug-likeness (QED) is 0.878. The Kier molecular flexibility index (Phi) is 4.58. The Labute approximate surface area is 112 Å². The predicted octanol–water partition coefficient (Wildman–Crippen LogP) is 3.67. The summed E-state index contributed by atoms with van der Waals surface area (Å²) in [6.45, 7) is 1.75. The molecule has 1 saturated carbocycles. The highest BCUT2D eigenvalue weighted by atomic mass is 32.1. The predicted molar refractivity (Wildman–Crippen MR) is 73.5 cm³/mol. The fourth-order valence-corrected chi connectivity index (χ4v) is 3.37. The van der Waals surface area contributed by atoms with Crippen molar-refractivity contribution in [3.05, 3.63) is 11.3 Å². The number of aromatic carboxylic acids is 1. The zero-order valence-corrected chi connectivity index (χ0v) is 11.6. The number of rotatable bonds is 3. The summed E-state index contributed by atoms with van der Waals surface area (Å²) < 4.78 is 4.14. The Morgan fingerprint density at radius 2 is 1.89 bits per heavy atom. The molecule has 2 N–H and O–H groups in total. The molecule has 4 nitrogen and oxygen atoms in total. The van der Waals surface area contributed by atoms with Crippen molar-refractivity contribution in [1.29, 1.82) is 0 Å². The molecule has 1 aliphatic rings. The molecule has 1 heterocycles. The zero-order chi connectivity index (χ0) is 13.0. The van der Waals surface area contributed by atoms with Crippen LogP contribution >= 0.6 is 11.5 Å². The SMILES string of the molecule is Cc1nsc(NC2CCCCCCC2)c1C(=O)O. The highest BCUT2D eigenvalue weighted by molar-refractivity contribution is 7.10. The first kappa shape index (κ1) is 13.3. The number of carboxylic acid groups (broad SMARTS) is 1. The summed E-state index contributed by atoms with van der Waals surface area (Å²) in [5.41, 5.74) is 0.961. The van der Waals surface area contributed by atoms with Crippen LogP contribution in [0.3, 0.4) is 0 Å². The first-order valence-corrected chi connectivity index (χ1v) is 7.42. The molecule has 100 valence electrons. The number of anilines is 1. The minimum atomic E-state index is -0.880. The monoisotopic (exact) mass is 268 g/mol. The Bertz CT molecular complexity index is 409. The zero-order valence-electron chi connectivity index (χ0n) is 10.7. The second kappa shape index (κ2) is 6.18. The van der Waals surface area contributed by atoms with Crippen molar-refractivity contribution < 1.29 is 9.90 Å². The number of hydrogen-bond acceptors (Lipinski definition) is 4. The van der Waals surface area contributed by atoms with E-state index < -0.39 is 5.97 Å². The van der Waals surface area contributed by atoms with Gasteiger partial charge >= 0.3 is 5.97 Å². The Hall–Kier alpha value is -1.10. The molecule has 0 radical (unpaired) electrons. The molecule has 1 aliphatic carbocycles. The normalized spacial score (nSPS) is 18.1. The summed E-state index contributed by atoms with van der Waals surface area (Å²) in [7, 11) is 0. The van der Waals surface area contributed by atoms with Crippen molar-refractivity contribution in [3.63, 3.8) is 0 Å². The molecular formula is C13H20N2O2S. The third-order valence-corrected chi connectivity index (χ3v) is 4.39. The highest BCUT2D eigenvalue weighted by Crippen LogP contribution is 2.28. The lowest BCUT2D eigenvalue weighted by atomic mass is 9.97. The van der Waals surface area contributed by atoms with Crippen molar-refractivity contribution in [1.82, 2.24) is 4.37 Å². The molecule has 1 aromatic heterocycles. The van der Waals surface area contributed by atoms with E-state index in [9.17, 15) is 9.90 Å². The van der Waals surface area contributed by atoms with E-state index in [1.807, 2.05) is 0 Å². The maximum Gasteiger partial charge on any atom is 0.340 e. The molecule has 0 atom stereocenters. The van der Waals surface area contributed by atoms with Crippen molar-refractivity contribution in [3.8, 4) is 0 Å². The van der Waals surface area contributed by atoms with E-state index in [4.69, 9.17) is 0 Å². The van der Waals surface area contributed by atoms with Gasteiger partial charge < -0.3 is 10.4 Å². The second-order valence-electron chi connectivity index (χ2n) is 4.96. The van der Waals surface area contributed by atoms with Crippen molar-refractivity contribution in [2.75, 3.05) is 5.32 Å². The number of aryl methyl sites for hydroxylation is 1. The van der Waals surface area contributed by atoms with Gasteiger partial charge in [-0.2, -0.15) is 4.37 Å². The Morgan fingerprint density at radius 3 is 2.50 bits per heavy atom. The van der Waals surface area contributed by atoms with Crippen LogP contribution in [0.1, 0.15) is 61.0 Å². The average molecular weight is 268 g/mol. The van der Waals surface area contributed by atoms with Gasteiger partial charge in [-0.1, -0.05) is 32.1 Å². The lowest BCUT2D eigenvalue weighted by Crippen LogP contribution is -2.21. The van der Waals surface area contributed by atoms with E-state index >= 15 is 0 Å². The van der Waals surface area contributed by atoms with Crippen LogP contribution in [-0.4, -0.2) is 21.5 Å². The first-order valence-electron chi connectivity index (χ1n) is 6.64. The smallest absolute Gasteiger partial charge is 0.340 e. The largest absolute Gasteiger partial charge is 0.478 e. The molecule has 0 unspecified atom stereocenters. The number of aromatic nitrogens is 1. The third-order valence-electron chi connectivity index (χ3n) is 3.52. The van der Waals surface area contributed by atoms with Crippen molar-refractivity contribution in [2.24, 2.45) is 0 Å². The van der Waals surface area contributed by atoms with Gasteiger partial charge in [0, 0.05) is 6.04 Å². The number of carboxylic acids is 1. The highest BCUT2D eigenvalue weighted by Gasteiger charge is 2.20. The van der Waals surface area contributed by atoms with Gasteiger partial charge in [0.05, 0.1) is 5.69 Å². The number of nitrogens with one attached hydrogen (secondary N) is 1. The maximum absolute atomic E-state index is 11.2. The van der Waals surface area contributed by atoms with E-state index in [1.54, 1.807) is 6.92 Å². The molecule has 1 fully saturated rings. The van der Waals surface area contributed by atoms with Crippen LogP contribution in [0.25, 0.3) is 0 Å². The Morgan fingerprint density at radius 1 is 1.28 bits per heavy atom. The van der Waals surface area contributed by atoms with Crippen LogP contribution in [0.5, 0.6) is 0 Å². The van der Waals surface area contributed by atoms with Crippen LogP contribution in [0.2, 0.25) is 0 Å². The van der Waals surface area contributed by atoms with Gasteiger partial charge in [-0.05, 0) is 31.3 Å². The molecule has 1 aromatic rings. The van der Waals surface area contributed by atoms with Gasteiger partial charge in [0.25, 0.3) is 0 Å². The summed E-state index contributed by atoms with van der Waals surface area (Å²) in [6.07, 6.45) is 8.67. The molecule has 0 spiro atoms. The van der Waals surface area contributed by atoms with E-state index in [2.05, 4.69) is 9.69 Å². The first-order chi connectivity index (χ1) is 8.68. The molecule has 18 heavy (non-hydrogen) atoms. The molecule has 0 bridgehead atoms. The molecular weight excluding hydrogens is 248 g/mol. The van der Waals surface area contributed by atoms with Crippen LogP contribution in [-0.2, 0) is 0 Å². The second-order valence-corrected chi connectivity index (χ2v) is 5.74. The van der Waals surface area contributed by atoms with Gasteiger partial charge in [-0.3, -0.25) is 0 Å². The topological polar surface area (TPSA) is 62.2 Å². The molecule has 2 rings (SSSR count). The number of nitrogens with zero attached hydrogens (tertiary/aromatic N) is 1. The minimum absolute atomic E-state index is 0.349. The summed E-state index contributed by atoms with van der Waals surface area (Å²) >= 11 is 1.27. The lowest BCUT2D eigenvalue weighted by Gasteiger charge is -2.21. The molecule has 0 saturated heterocycles. The van der Waals surface area contributed by atoms with Crippen molar-refractivity contribution in [2.45, 2.75) is 57.9 Å². The molecule has 0 aliphatic heterocycles. The van der Waals surface area contributed by atoms with E-state index in [0.717, 1.165) is 17.8 Å². The fourth-order valence-electron chi connectivity index (χ4n) is 2.51. The van der Waals surface area contributed by atoms with Crippen LogP contribution < -0.4 is 5.32 Å². The number of carbonyl (C=O) groups is 1. The van der Waals surface area contributed by atoms with Gasteiger partial charge in [0.2, 0.25) is 0 Å². The number of hydrogen-bond donors (Lipinski definition) is 2. The third kappa shape index (κ3) is 3.22. The average Bonchev–Trinajstić information content (AvgIpc) is 2.63. The van der Waals surface area contributed by atoms with Crippen LogP contribution in [0.4, 0.5) is 5.00 Å². The lowest BCUT2D eigenvalue weighted by molar-refractivity contribution is 0.0697. The molecule has 5 heteroatoms. The Balaban J connectivity index is 2.05. The fraction of sp³-hybridized carbons (Fsp3) is 0.692. The summed E-state index contributed by atoms with van der Waals surface area (Å²) in [4.78, 5) is 11.2. The van der Waals surface area contributed by atoms with Gasteiger partial charge in [-0.15, -0.1) is 0 Å². The summed E-state index contributed by atoms with van der Waals surface area (Å²) in [6, 6.07) is 0.406. The van der Waals surface area contributed by atoms with Crippen LogP contribution in [0, 0.1) is 6.92 Å². The standard InChI is InChI=1S/C13H20N2O2S/c1-9-11(13(16)17)12(18-15-9)14-10-7-5-3-2-4-6-8-10/h10,14H,2-8H2,1H3,(H,16,17). The maximum atomic E-state index is 11.2. The van der Waals surface area contributed by atoms with E-state index in [1.165, 1.54) is 43.6 Å². The van der Waals surface area contributed by atoms with Gasteiger partial charge in [0.15, 0.2) is 0 Å². The minimum Gasteiger partial charge on any atom is -0.478 e. The van der Waals surface area contributed by atoms with Crippen molar-refractivity contribution >= 4 is 22.5 Å². The molecule has 0 aromatic carbocycles. The van der Waals surface area contributed by atoms with E-state index in [0.29, 0.717) is 17.3 Å². The van der Waals surface area contributed by atoms with Gasteiger partial charge in [0.1, 0.15) is 10.6 Å². The van der Waals surface area contributed by atoms with Crippen LogP contribution in [0.15, 0.2) is 0 Å².